The second-order valence-electron chi connectivity index (χ2n) is 4.72. The summed E-state index contributed by atoms with van der Waals surface area (Å²) in [6, 6.07) is 3.10. The van der Waals surface area contributed by atoms with Gasteiger partial charge in [-0.25, -0.2) is 13.1 Å². The molecule has 0 radical (unpaired) electrons. The molecular weight excluding hydrogens is 429 g/mol. The van der Waals surface area contributed by atoms with Crippen molar-refractivity contribution in [3.63, 3.8) is 0 Å². The van der Waals surface area contributed by atoms with Crippen molar-refractivity contribution in [1.29, 1.82) is 0 Å². The van der Waals surface area contributed by atoms with Crippen LogP contribution in [-0.4, -0.2) is 46.0 Å². The number of rotatable bonds is 9. The van der Waals surface area contributed by atoms with Crippen LogP contribution in [0.25, 0.3) is 0 Å². The molecule has 0 aliphatic carbocycles. The fourth-order valence-corrected chi connectivity index (χ4v) is 2.75. The van der Waals surface area contributed by atoms with E-state index in [2.05, 4.69) is 32.3 Å². The lowest BCUT2D eigenvalue weighted by Crippen LogP contribution is -2.41. The number of sulfonamides is 1. The van der Waals surface area contributed by atoms with E-state index < -0.39 is 10.0 Å². The molecule has 23 heavy (non-hydrogen) atoms. The van der Waals surface area contributed by atoms with E-state index in [0.717, 1.165) is 13.0 Å². The van der Waals surface area contributed by atoms with E-state index in [9.17, 15) is 8.42 Å². The zero-order valence-electron chi connectivity index (χ0n) is 13.6. The Balaban J connectivity index is 0.00000484. The van der Waals surface area contributed by atoms with Crippen molar-refractivity contribution in [2.24, 2.45) is 4.99 Å². The molecule has 9 heteroatoms. The fraction of sp³-hybridized carbons (Fsp3) is 0.571. The predicted molar refractivity (Wildman–Crippen MR) is 104 cm³/mol. The minimum absolute atomic E-state index is 0. The first-order chi connectivity index (χ1) is 10.6. The van der Waals surface area contributed by atoms with Gasteiger partial charge in [0.05, 0.1) is 0 Å². The lowest BCUT2D eigenvalue weighted by atomic mass is 10.2. The molecular formula is C14H26IN5O2S. The molecule has 132 valence electrons. The smallest absolute Gasteiger partial charge is 0.242 e. The Morgan fingerprint density at radius 1 is 1.22 bits per heavy atom. The minimum Gasteiger partial charge on any atom is -0.356 e. The number of pyridine rings is 1. The van der Waals surface area contributed by atoms with Crippen molar-refractivity contribution in [3.8, 4) is 0 Å². The van der Waals surface area contributed by atoms with Crippen LogP contribution in [0.3, 0.4) is 0 Å². The summed E-state index contributed by atoms with van der Waals surface area (Å²) in [5.74, 6) is 0.677. The highest BCUT2D eigenvalue weighted by Gasteiger charge is 2.12. The third kappa shape index (κ3) is 9.06. The largest absolute Gasteiger partial charge is 0.356 e. The van der Waals surface area contributed by atoms with E-state index in [4.69, 9.17) is 0 Å². The topological polar surface area (TPSA) is 95.5 Å². The lowest BCUT2D eigenvalue weighted by molar-refractivity contribution is 0.580. The zero-order valence-corrected chi connectivity index (χ0v) is 16.7. The van der Waals surface area contributed by atoms with Crippen LogP contribution in [0.5, 0.6) is 0 Å². The molecule has 0 spiro atoms. The van der Waals surface area contributed by atoms with Gasteiger partial charge < -0.3 is 10.6 Å². The van der Waals surface area contributed by atoms with Crippen LogP contribution in [0.4, 0.5) is 0 Å². The van der Waals surface area contributed by atoms with Crippen LogP contribution in [0.2, 0.25) is 0 Å². The Bertz CT molecular complexity index is 552. The van der Waals surface area contributed by atoms with Gasteiger partial charge in [0.25, 0.3) is 0 Å². The van der Waals surface area contributed by atoms with Crippen molar-refractivity contribution in [2.45, 2.75) is 31.1 Å². The highest BCUT2D eigenvalue weighted by Crippen LogP contribution is 2.04. The maximum absolute atomic E-state index is 12.0. The molecule has 0 unspecified atom stereocenters. The molecule has 1 aromatic rings. The molecule has 0 aromatic carbocycles. The van der Waals surface area contributed by atoms with Crippen molar-refractivity contribution in [1.82, 2.24) is 20.3 Å². The third-order valence-electron chi connectivity index (χ3n) is 2.95. The minimum atomic E-state index is -3.50. The predicted octanol–water partition coefficient (Wildman–Crippen LogP) is 1.33. The quantitative estimate of drug-likeness (QED) is 0.226. The van der Waals surface area contributed by atoms with Crippen molar-refractivity contribution >= 4 is 40.0 Å². The Morgan fingerprint density at radius 3 is 2.57 bits per heavy atom. The van der Waals surface area contributed by atoms with Gasteiger partial charge in [-0.05, 0) is 18.6 Å². The van der Waals surface area contributed by atoms with Gasteiger partial charge in [0.2, 0.25) is 10.0 Å². The summed E-state index contributed by atoms with van der Waals surface area (Å²) in [7, 11) is -1.81. The number of hydrogen-bond donors (Lipinski definition) is 3. The molecule has 0 atom stereocenters. The summed E-state index contributed by atoms with van der Waals surface area (Å²) >= 11 is 0. The van der Waals surface area contributed by atoms with Crippen LogP contribution in [0.15, 0.2) is 34.4 Å². The zero-order chi connectivity index (χ0) is 16.3. The van der Waals surface area contributed by atoms with Gasteiger partial charge in [0, 0.05) is 39.1 Å². The molecule has 0 fully saturated rings. The first-order valence-corrected chi connectivity index (χ1v) is 8.92. The van der Waals surface area contributed by atoms with Gasteiger partial charge in [0.1, 0.15) is 4.90 Å². The summed E-state index contributed by atoms with van der Waals surface area (Å²) in [6.45, 7) is 3.73. The number of aromatic nitrogens is 1. The van der Waals surface area contributed by atoms with Crippen LogP contribution in [0.1, 0.15) is 26.2 Å². The van der Waals surface area contributed by atoms with Crippen LogP contribution >= 0.6 is 24.0 Å². The van der Waals surface area contributed by atoms with E-state index in [1.807, 2.05) is 0 Å². The summed E-state index contributed by atoms with van der Waals surface area (Å²) in [4.78, 5) is 8.05. The van der Waals surface area contributed by atoms with Gasteiger partial charge in [-0.2, -0.15) is 0 Å². The van der Waals surface area contributed by atoms with E-state index in [0.29, 0.717) is 12.5 Å². The number of halogens is 1. The number of unbranched alkanes of at least 4 members (excludes halogenated alkanes) is 2. The van der Waals surface area contributed by atoms with Gasteiger partial charge in [0.15, 0.2) is 5.96 Å². The fourth-order valence-electron chi connectivity index (χ4n) is 1.76. The van der Waals surface area contributed by atoms with E-state index in [-0.39, 0.29) is 35.4 Å². The van der Waals surface area contributed by atoms with E-state index in [1.54, 1.807) is 13.1 Å². The summed E-state index contributed by atoms with van der Waals surface area (Å²) in [5.41, 5.74) is 0. The number of guanidine groups is 1. The maximum Gasteiger partial charge on any atom is 0.242 e. The monoisotopic (exact) mass is 455 g/mol. The molecule has 1 aromatic heterocycles. The van der Waals surface area contributed by atoms with Crippen LogP contribution < -0.4 is 15.4 Å². The summed E-state index contributed by atoms with van der Waals surface area (Å²) in [5, 5.41) is 6.25. The number of nitrogens with one attached hydrogen (secondary N) is 3. The summed E-state index contributed by atoms with van der Waals surface area (Å²) in [6.07, 6.45) is 6.29. The molecule has 0 aliphatic heterocycles. The first kappa shape index (κ1) is 22.1. The van der Waals surface area contributed by atoms with Gasteiger partial charge in [-0.15, -0.1) is 24.0 Å². The molecule has 0 saturated carbocycles. The Labute approximate surface area is 155 Å². The normalized spacial score (nSPS) is 11.7. The van der Waals surface area contributed by atoms with Crippen LogP contribution in [-0.2, 0) is 10.0 Å². The second kappa shape index (κ2) is 12.5. The first-order valence-electron chi connectivity index (χ1n) is 7.44. The van der Waals surface area contributed by atoms with Gasteiger partial charge in [-0.1, -0.05) is 19.8 Å². The molecule has 0 saturated heterocycles. The molecule has 7 nitrogen and oxygen atoms in total. The Kier molecular flexibility index (Phi) is 12.0. The Hall–Kier alpha value is -0.940. The average molecular weight is 455 g/mol. The van der Waals surface area contributed by atoms with Crippen molar-refractivity contribution < 1.29 is 8.42 Å². The highest BCUT2D eigenvalue weighted by molar-refractivity contribution is 14.0. The number of nitrogens with zero attached hydrogens (tertiary/aromatic N) is 2. The summed E-state index contributed by atoms with van der Waals surface area (Å²) < 4.78 is 26.4. The molecule has 3 N–H and O–H groups in total. The van der Waals surface area contributed by atoms with E-state index in [1.165, 1.54) is 31.3 Å². The average Bonchev–Trinajstić information content (AvgIpc) is 2.54. The third-order valence-corrected chi connectivity index (χ3v) is 4.40. The van der Waals surface area contributed by atoms with E-state index >= 15 is 0 Å². The SMILES string of the molecule is CCCCCNC(=NC)NCCNS(=O)(=O)c1cccnc1.I. The van der Waals surface area contributed by atoms with Crippen LogP contribution in [0, 0.1) is 0 Å². The second-order valence-corrected chi connectivity index (χ2v) is 6.49. The molecule has 0 aliphatic rings. The number of hydrogen-bond acceptors (Lipinski definition) is 4. The molecule has 1 heterocycles. The number of aliphatic imine (C=N–C) groups is 1. The molecule has 1 rings (SSSR count). The molecule has 0 amide bonds. The lowest BCUT2D eigenvalue weighted by Gasteiger charge is -2.12. The van der Waals surface area contributed by atoms with Gasteiger partial charge >= 0.3 is 0 Å². The van der Waals surface area contributed by atoms with Gasteiger partial charge in [-0.3, -0.25) is 9.98 Å². The standard InChI is InChI=1S/C14H25N5O2S.HI/c1-3-4-5-9-17-14(15-2)18-10-11-19-22(20,21)13-7-6-8-16-12-13;/h6-8,12,19H,3-5,9-11H2,1-2H3,(H2,15,17,18);1H. The Morgan fingerprint density at radius 2 is 1.96 bits per heavy atom. The van der Waals surface area contributed by atoms with Crippen molar-refractivity contribution in [3.05, 3.63) is 24.5 Å². The highest BCUT2D eigenvalue weighted by atomic mass is 127. The molecule has 0 bridgehead atoms. The van der Waals surface area contributed by atoms with Crippen molar-refractivity contribution in [2.75, 3.05) is 26.7 Å². The maximum atomic E-state index is 12.0.